The highest BCUT2D eigenvalue weighted by Crippen LogP contribution is 2.42. The first-order valence-corrected chi connectivity index (χ1v) is 5.96. The van der Waals surface area contributed by atoms with Crippen molar-refractivity contribution < 1.29 is 4.52 Å². The van der Waals surface area contributed by atoms with Gasteiger partial charge in [0.1, 0.15) is 5.76 Å². The smallest absolute Gasteiger partial charge is 0.140 e. The molecule has 1 aromatic heterocycles. The lowest BCUT2D eigenvalue weighted by atomic mass is 9.78. The number of rotatable bonds is 2. The number of nitrogens with zero attached hydrogens (tertiary/aromatic N) is 1. The highest BCUT2D eigenvalue weighted by atomic mass is 16.5. The number of aromatic nitrogens is 1. The highest BCUT2D eigenvalue weighted by molar-refractivity contribution is 5.21. The van der Waals surface area contributed by atoms with Crippen LogP contribution in [-0.4, -0.2) is 18.2 Å². The number of piperidine rings is 1. The van der Waals surface area contributed by atoms with Gasteiger partial charge in [-0.05, 0) is 38.8 Å². The number of hydrogen-bond acceptors (Lipinski definition) is 3. The molecule has 2 aliphatic rings. The van der Waals surface area contributed by atoms with E-state index in [4.69, 9.17) is 4.52 Å². The van der Waals surface area contributed by atoms with Gasteiger partial charge in [-0.1, -0.05) is 12.1 Å². The molecule has 1 aromatic rings. The summed E-state index contributed by atoms with van der Waals surface area (Å²) in [5.74, 6) is 1.79. The summed E-state index contributed by atoms with van der Waals surface area (Å²) in [5.41, 5.74) is 1.41. The van der Waals surface area contributed by atoms with Crippen LogP contribution in [0.3, 0.4) is 0 Å². The van der Waals surface area contributed by atoms with Gasteiger partial charge < -0.3 is 9.84 Å². The van der Waals surface area contributed by atoms with Crippen LogP contribution in [0.5, 0.6) is 0 Å². The number of hydrogen-bond donors (Lipinski definition) is 1. The van der Waals surface area contributed by atoms with Gasteiger partial charge in [-0.3, -0.25) is 0 Å². The van der Waals surface area contributed by atoms with Crippen LogP contribution in [0.15, 0.2) is 10.6 Å². The molecule has 1 aliphatic carbocycles. The fourth-order valence-corrected chi connectivity index (χ4v) is 2.37. The monoisotopic (exact) mass is 206 g/mol. The Balaban J connectivity index is 1.83. The van der Waals surface area contributed by atoms with Crippen molar-refractivity contribution in [1.29, 1.82) is 0 Å². The van der Waals surface area contributed by atoms with E-state index in [2.05, 4.69) is 23.5 Å². The zero-order valence-electron chi connectivity index (χ0n) is 9.25. The molecular formula is C12H18N2O. The minimum atomic E-state index is 0.238. The first-order valence-electron chi connectivity index (χ1n) is 5.96. The van der Waals surface area contributed by atoms with Gasteiger partial charge in [0.2, 0.25) is 0 Å². The lowest BCUT2D eigenvalue weighted by Crippen LogP contribution is -2.37. The lowest BCUT2D eigenvalue weighted by molar-refractivity contribution is 0.301. The third kappa shape index (κ3) is 1.69. The van der Waals surface area contributed by atoms with Crippen LogP contribution in [0.4, 0.5) is 0 Å². The fraction of sp³-hybridized carbons (Fsp3) is 0.750. The van der Waals surface area contributed by atoms with Crippen molar-refractivity contribution in [3.63, 3.8) is 0 Å². The molecule has 2 fully saturated rings. The summed E-state index contributed by atoms with van der Waals surface area (Å²) >= 11 is 0. The summed E-state index contributed by atoms with van der Waals surface area (Å²) in [7, 11) is 0. The molecule has 3 nitrogen and oxygen atoms in total. The molecule has 0 bridgehead atoms. The zero-order valence-corrected chi connectivity index (χ0v) is 9.25. The Morgan fingerprint density at radius 1 is 1.40 bits per heavy atom. The van der Waals surface area contributed by atoms with Crippen molar-refractivity contribution in [2.45, 2.75) is 43.9 Å². The van der Waals surface area contributed by atoms with E-state index in [0.717, 1.165) is 18.8 Å². The van der Waals surface area contributed by atoms with E-state index in [1.165, 1.54) is 31.4 Å². The molecule has 0 aromatic carbocycles. The normalized spacial score (nSPS) is 25.4. The predicted molar refractivity (Wildman–Crippen MR) is 57.9 cm³/mol. The summed E-state index contributed by atoms with van der Waals surface area (Å²) in [6, 6.07) is 2.20. The summed E-state index contributed by atoms with van der Waals surface area (Å²) in [5, 5.41) is 7.66. The third-order valence-corrected chi connectivity index (χ3v) is 3.83. The molecule has 2 heterocycles. The maximum absolute atomic E-state index is 5.44. The van der Waals surface area contributed by atoms with Gasteiger partial charge in [0.15, 0.2) is 0 Å². The third-order valence-electron chi connectivity index (χ3n) is 3.83. The van der Waals surface area contributed by atoms with Crippen LogP contribution in [0.1, 0.15) is 50.0 Å². The van der Waals surface area contributed by atoms with Gasteiger partial charge in [0, 0.05) is 17.4 Å². The van der Waals surface area contributed by atoms with Gasteiger partial charge in [-0.15, -0.1) is 0 Å². The molecule has 1 saturated heterocycles. The summed E-state index contributed by atoms with van der Waals surface area (Å²) in [4.78, 5) is 0. The van der Waals surface area contributed by atoms with E-state index in [0.29, 0.717) is 5.92 Å². The van der Waals surface area contributed by atoms with Crippen molar-refractivity contribution in [3.8, 4) is 0 Å². The second-order valence-electron chi connectivity index (χ2n) is 5.20. The molecule has 3 rings (SSSR count). The van der Waals surface area contributed by atoms with E-state index >= 15 is 0 Å². The largest absolute Gasteiger partial charge is 0.361 e. The molecule has 15 heavy (non-hydrogen) atoms. The molecule has 1 aliphatic heterocycles. The number of nitrogens with one attached hydrogen (secondary N) is 1. The second kappa shape index (κ2) is 3.34. The average molecular weight is 206 g/mol. The molecule has 0 amide bonds. The van der Waals surface area contributed by atoms with Crippen molar-refractivity contribution >= 4 is 0 Å². The van der Waals surface area contributed by atoms with Crippen LogP contribution in [0.25, 0.3) is 0 Å². The SMILES string of the molecule is CC1(c2cc(C3CC3)on2)CCNCC1. The van der Waals surface area contributed by atoms with E-state index in [1.807, 2.05) is 0 Å². The minimum absolute atomic E-state index is 0.238. The quantitative estimate of drug-likeness (QED) is 0.806. The molecule has 0 spiro atoms. The van der Waals surface area contributed by atoms with E-state index in [-0.39, 0.29) is 5.41 Å². The zero-order chi connectivity index (χ0) is 10.3. The van der Waals surface area contributed by atoms with Crippen LogP contribution < -0.4 is 5.32 Å². The summed E-state index contributed by atoms with van der Waals surface area (Å²) in [6.07, 6.45) is 4.91. The molecule has 0 radical (unpaired) electrons. The average Bonchev–Trinajstić information content (AvgIpc) is 2.97. The second-order valence-corrected chi connectivity index (χ2v) is 5.20. The van der Waals surface area contributed by atoms with Gasteiger partial charge >= 0.3 is 0 Å². The molecular weight excluding hydrogens is 188 g/mol. The molecule has 1 N–H and O–H groups in total. The van der Waals surface area contributed by atoms with Gasteiger partial charge in [0.05, 0.1) is 5.69 Å². The Morgan fingerprint density at radius 3 is 2.80 bits per heavy atom. The topological polar surface area (TPSA) is 38.1 Å². The van der Waals surface area contributed by atoms with Crippen LogP contribution in [-0.2, 0) is 5.41 Å². The Bertz CT molecular complexity index is 348. The Morgan fingerprint density at radius 2 is 2.13 bits per heavy atom. The lowest BCUT2D eigenvalue weighted by Gasteiger charge is -2.31. The predicted octanol–water partition coefficient (Wildman–Crippen LogP) is 2.19. The van der Waals surface area contributed by atoms with E-state index in [1.54, 1.807) is 0 Å². The minimum Gasteiger partial charge on any atom is -0.361 e. The fourth-order valence-electron chi connectivity index (χ4n) is 2.37. The standard InChI is InChI=1S/C12H18N2O/c1-12(4-6-13-7-5-12)11-8-10(15-14-11)9-2-3-9/h8-9,13H,2-7H2,1H3. The van der Waals surface area contributed by atoms with Gasteiger partial charge in [0.25, 0.3) is 0 Å². The van der Waals surface area contributed by atoms with E-state index < -0.39 is 0 Å². The Labute approximate surface area is 90.2 Å². The summed E-state index contributed by atoms with van der Waals surface area (Å²) in [6.45, 7) is 4.51. The maximum atomic E-state index is 5.44. The van der Waals surface area contributed by atoms with Crippen molar-refractivity contribution in [2.24, 2.45) is 0 Å². The molecule has 1 saturated carbocycles. The van der Waals surface area contributed by atoms with Gasteiger partial charge in [-0.25, -0.2) is 0 Å². The van der Waals surface area contributed by atoms with Crippen molar-refractivity contribution in [1.82, 2.24) is 10.5 Å². The maximum Gasteiger partial charge on any atom is 0.140 e. The van der Waals surface area contributed by atoms with Crippen LogP contribution in [0.2, 0.25) is 0 Å². The summed E-state index contributed by atoms with van der Waals surface area (Å²) < 4.78 is 5.44. The molecule has 82 valence electrons. The van der Waals surface area contributed by atoms with Crippen molar-refractivity contribution in [2.75, 3.05) is 13.1 Å². The highest BCUT2D eigenvalue weighted by Gasteiger charge is 2.34. The molecule has 3 heteroatoms. The van der Waals surface area contributed by atoms with Crippen molar-refractivity contribution in [3.05, 3.63) is 17.5 Å². The van der Waals surface area contributed by atoms with Crippen LogP contribution >= 0.6 is 0 Å². The molecule has 0 atom stereocenters. The first kappa shape index (κ1) is 9.40. The van der Waals surface area contributed by atoms with Crippen LogP contribution in [0, 0.1) is 0 Å². The Hall–Kier alpha value is -0.830. The molecule has 0 unspecified atom stereocenters. The van der Waals surface area contributed by atoms with E-state index in [9.17, 15) is 0 Å². The van der Waals surface area contributed by atoms with Gasteiger partial charge in [-0.2, -0.15) is 0 Å². The first-order chi connectivity index (χ1) is 7.28. The Kier molecular flexibility index (Phi) is 2.09.